The lowest BCUT2D eigenvalue weighted by atomic mass is 10.2. The maximum Gasteiger partial charge on any atom is 0.248 e. The van der Waals surface area contributed by atoms with Crippen LogP contribution < -0.4 is 10.1 Å². The van der Waals surface area contributed by atoms with Gasteiger partial charge in [-0.25, -0.2) is 13.8 Å². The fourth-order valence-corrected chi connectivity index (χ4v) is 2.86. The van der Waals surface area contributed by atoms with Gasteiger partial charge in [0.05, 0.1) is 10.7 Å². The number of thiazole rings is 1. The van der Waals surface area contributed by atoms with Crippen molar-refractivity contribution in [3.05, 3.63) is 81.8 Å². The first-order chi connectivity index (χ1) is 13.0. The molecule has 0 fully saturated rings. The van der Waals surface area contributed by atoms with Gasteiger partial charge in [0, 0.05) is 11.5 Å². The molecule has 3 aromatic rings. The second-order valence-corrected chi connectivity index (χ2v) is 6.70. The van der Waals surface area contributed by atoms with Crippen molar-refractivity contribution < 1.29 is 18.3 Å². The highest BCUT2D eigenvalue weighted by Gasteiger charge is 2.09. The van der Waals surface area contributed by atoms with Gasteiger partial charge in [0.25, 0.3) is 0 Å². The molecule has 27 heavy (non-hydrogen) atoms. The zero-order valence-corrected chi connectivity index (χ0v) is 15.2. The van der Waals surface area contributed by atoms with Crippen molar-refractivity contribution in [3.63, 3.8) is 0 Å². The van der Waals surface area contributed by atoms with Crippen LogP contribution in [-0.4, -0.2) is 10.9 Å². The summed E-state index contributed by atoms with van der Waals surface area (Å²) in [5.41, 5.74) is 1.16. The largest absolute Gasteiger partial charge is 0.487 e. The van der Waals surface area contributed by atoms with Gasteiger partial charge in [-0.15, -0.1) is 11.3 Å². The third-order valence-corrected chi connectivity index (χ3v) is 4.39. The van der Waals surface area contributed by atoms with Crippen LogP contribution in [0.4, 0.5) is 14.5 Å². The Bertz CT molecular complexity index is 948. The summed E-state index contributed by atoms with van der Waals surface area (Å²) in [7, 11) is 0. The molecule has 0 radical (unpaired) electrons. The van der Waals surface area contributed by atoms with E-state index in [2.05, 4.69) is 10.3 Å². The van der Waals surface area contributed by atoms with E-state index in [0.717, 1.165) is 28.4 Å². The molecule has 0 atom stereocenters. The predicted octanol–water partition coefficient (Wildman–Crippen LogP) is 4.96. The topological polar surface area (TPSA) is 51.2 Å². The van der Waals surface area contributed by atoms with E-state index in [1.165, 1.54) is 12.1 Å². The van der Waals surface area contributed by atoms with Gasteiger partial charge in [-0.3, -0.25) is 4.79 Å². The number of hydrogen-bond acceptors (Lipinski definition) is 4. The van der Waals surface area contributed by atoms with Crippen LogP contribution in [0, 0.1) is 18.6 Å². The number of halogens is 2. The van der Waals surface area contributed by atoms with Crippen LogP contribution in [0.3, 0.4) is 0 Å². The first-order valence-corrected chi connectivity index (χ1v) is 8.96. The average molecular weight is 386 g/mol. The second-order valence-electron chi connectivity index (χ2n) is 5.63. The van der Waals surface area contributed by atoms with Crippen LogP contribution in [0.2, 0.25) is 0 Å². The standard InChI is InChI=1S/C20H16F2N2O2S/c1-13-23-15(12-27-13)11-26-16-8-5-14(6-9-16)7-10-19(25)24-20-17(21)3-2-4-18(20)22/h2-10,12H,11H2,1H3,(H,24,25)/b10-7+. The SMILES string of the molecule is Cc1nc(COc2ccc(/C=C/C(=O)Nc3c(F)cccc3F)cc2)cs1. The van der Waals surface area contributed by atoms with E-state index in [4.69, 9.17) is 4.74 Å². The van der Waals surface area contributed by atoms with Gasteiger partial charge >= 0.3 is 0 Å². The zero-order valence-electron chi connectivity index (χ0n) is 14.4. The molecule has 0 aliphatic heterocycles. The molecule has 7 heteroatoms. The van der Waals surface area contributed by atoms with E-state index in [0.29, 0.717) is 12.4 Å². The summed E-state index contributed by atoms with van der Waals surface area (Å²) >= 11 is 1.57. The van der Waals surface area contributed by atoms with E-state index in [1.807, 2.05) is 12.3 Å². The molecule has 0 spiro atoms. The summed E-state index contributed by atoms with van der Waals surface area (Å²) in [5, 5.41) is 5.13. The summed E-state index contributed by atoms with van der Waals surface area (Å²) < 4.78 is 32.7. The Kier molecular flexibility index (Phi) is 5.93. The number of benzene rings is 2. The Hall–Kier alpha value is -3.06. The summed E-state index contributed by atoms with van der Waals surface area (Å²) in [6.45, 7) is 2.32. The molecule has 4 nitrogen and oxygen atoms in total. The lowest BCUT2D eigenvalue weighted by molar-refractivity contribution is -0.111. The Morgan fingerprint density at radius 3 is 2.52 bits per heavy atom. The number of rotatable bonds is 6. The molecule has 0 bridgehead atoms. The number of amides is 1. The smallest absolute Gasteiger partial charge is 0.248 e. The predicted molar refractivity (Wildman–Crippen MR) is 102 cm³/mol. The summed E-state index contributed by atoms with van der Waals surface area (Å²) in [6.07, 6.45) is 2.75. The molecule has 0 saturated carbocycles. The van der Waals surface area contributed by atoms with Crippen LogP contribution in [0.5, 0.6) is 5.75 Å². The quantitative estimate of drug-likeness (QED) is 0.609. The monoisotopic (exact) mass is 386 g/mol. The molecular formula is C20H16F2N2O2S. The highest BCUT2D eigenvalue weighted by atomic mass is 32.1. The van der Waals surface area contributed by atoms with Crippen molar-refractivity contribution in [1.82, 2.24) is 4.98 Å². The Balaban J connectivity index is 1.56. The van der Waals surface area contributed by atoms with Gasteiger partial charge in [-0.1, -0.05) is 18.2 Å². The van der Waals surface area contributed by atoms with E-state index < -0.39 is 23.2 Å². The van der Waals surface area contributed by atoms with Gasteiger partial charge in [0.2, 0.25) is 5.91 Å². The van der Waals surface area contributed by atoms with Crippen LogP contribution in [0.1, 0.15) is 16.3 Å². The molecule has 1 heterocycles. The molecule has 138 valence electrons. The molecule has 2 aromatic carbocycles. The average Bonchev–Trinajstić information content (AvgIpc) is 3.07. The first kappa shape index (κ1) is 18.7. The van der Waals surface area contributed by atoms with Gasteiger partial charge < -0.3 is 10.1 Å². The minimum Gasteiger partial charge on any atom is -0.487 e. The maximum atomic E-state index is 13.5. The summed E-state index contributed by atoms with van der Waals surface area (Å²) in [6, 6.07) is 10.5. The molecule has 3 rings (SSSR count). The van der Waals surface area contributed by atoms with Crippen molar-refractivity contribution in [3.8, 4) is 5.75 Å². The minimum atomic E-state index is -0.825. The van der Waals surface area contributed by atoms with Crippen molar-refractivity contribution >= 4 is 29.0 Å². The molecule has 1 aromatic heterocycles. The number of nitrogens with zero attached hydrogens (tertiary/aromatic N) is 1. The number of anilines is 1. The second kappa shape index (κ2) is 8.55. The van der Waals surface area contributed by atoms with Crippen molar-refractivity contribution in [2.75, 3.05) is 5.32 Å². The lowest BCUT2D eigenvalue weighted by Gasteiger charge is -2.05. The normalized spacial score (nSPS) is 10.9. The third-order valence-electron chi connectivity index (χ3n) is 3.57. The molecule has 1 N–H and O–H groups in total. The number of nitrogens with one attached hydrogen (secondary N) is 1. The molecule has 0 aliphatic carbocycles. The number of ether oxygens (including phenoxy) is 1. The third kappa shape index (κ3) is 5.21. The number of para-hydroxylation sites is 1. The lowest BCUT2D eigenvalue weighted by Crippen LogP contribution is -2.10. The summed E-state index contributed by atoms with van der Waals surface area (Å²) in [4.78, 5) is 16.2. The number of aromatic nitrogens is 1. The van der Waals surface area contributed by atoms with Gasteiger partial charge in [-0.2, -0.15) is 0 Å². The molecule has 0 unspecified atom stereocenters. The Morgan fingerprint density at radius 1 is 1.19 bits per heavy atom. The van der Waals surface area contributed by atoms with Gasteiger partial charge in [0.15, 0.2) is 0 Å². The zero-order chi connectivity index (χ0) is 19.2. The van der Waals surface area contributed by atoms with E-state index in [9.17, 15) is 13.6 Å². The van der Waals surface area contributed by atoms with Gasteiger partial charge in [0.1, 0.15) is 29.7 Å². The van der Waals surface area contributed by atoms with Crippen molar-refractivity contribution in [2.45, 2.75) is 13.5 Å². The van der Waals surface area contributed by atoms with Crippen molar-refractivity contribution in [1.29, 1.82) is 0 Å². The van der Waals surface area contributed by atoms with Crippen LogP contribution in [0.15, 0.2) is 53.9 Å². The highest BCUT2D eigenvalue weighted by molar-refractivity contribution is 7.09. The highest BCUT2D eigenvalue weighted by Crippen LogP contribution is 2.19. The Morgan fingerprint density at radius 2 is 1.89 bits per heavy atom. The maximum absolute atomic E-state index is 13.5. The number of aryl methyl sites for hydroxylation is 1. The van der Waals surface area contributed by atoms with E-state index in [-0.39, 0.29) is 0 Å². The molecule has 1 amide bonds. The number of hydrogen-bond donors (Lipinski definition) is 1. The van der Waals surface area contributed by atoms with Crippen molar-refractivity contribution in [2.24, 2.45) is 0 Å². The summed E-state index contributed by atoms with van der Waals surface area (Å²) in [5.74, 6) is -1.60. The molecular weight excluding hydrogens is 370 g/mol. The molecule has 0 aliphatic rings. The van der Waals surface area contributed by atoms with Crippen LogP contribution in [-0.2, 0) is 11.4 Å². The minimum absolute atomic E-state index is 0.385. The van der Waals surface area contributed by atoms with E-state index >= 15 is 0 Å². The van der Waals surface area contributed by atoms with Crippen LogP contribution in [0.25, 0.3) is 6.08 Å². The number of carbonyl (C=O) groups excluding carboxylic acids is 1. The van der Waals surface area contributed by atoms with E-state index in [1.54, 1.807) is 41.7 Å². The van der Waals surface area contributed by atoms with Gasteiger partial charge in [-0.05, 0) is 42.8 Å². The fraction of sp³-hybridized carbons (Fsp3) is 0.100. The van der Waals surface area contributed by atoms with Crippen LogP contribution >= 0.6 is 11.3 Å². The first-order valence-electron chi connectivity index (χ1n) is 8.08. The number of carbonyl (C=O) groups is 1. The molecule has 0 saturated heterocycles. The Labute approximate surface area is 159 Å². The fourth-order valence-electron chi connectivity index (χ4n) is 2.26.